The Labute approximate surface area is 138 Å². The van der Waals surface area contributed by atoms with E-state index in [0.717, 1.165) is 10.1 Å². The van der Waals surface area contributed by atoms with Crippen molar-refractivity contribution in [3.05, 3.63) is 34.7 Å². The predicted octanol–water partition coefficient (Wildman–Crippen LogP) is 4.51. The number of carbonyl (C=O) groups is 1. The molecule has 1 aromatic heterocycles. The molecule has 0 amide bonds. The Balaban J connectivity index is 2.46. The molecule has 8 heteroatoms. The summed E-state index contributed by atoms with van der Waals surface area (Å²) in [5.74, 6) is -1.83. The van der Waals surface area contributed by atoms with Crippen LogP contribution in [0.25, 0.3) is 10.1 Å². The van der Waals surface area contributed by atoms with E-state index in [0.29, 0.717) is 5.56 Å². The van der Waals surface area contributed by atoms with E-state index in [1.54, 1.807) is 38.1 Å². The van der Waals surface area contributed by atoms with Crippen LogP contribution in [0.2, 0.25) is 0 Å². The van der Waals surface area contributed by atoms with Gasteiger partial charge in [-0.05, 0) is 43.0 Å². The molecular weight excluding hydrogens is 339 g/mol. The van der Waals surface area contributed by atoms with E-state index in [-0.39, 0.29) is 18.1 Å². The number of methoxy groups -OCH3 is 1. The van der Waals surface area contributed by atoms with E-state index in [1.165, 1.54) is 18.4 Å². The molecule has 0 bridgehead atoms. The SMILES string of the molecule is CCOP(=O)(OCC)C(OC)c1ccc2sc(C(=O)O)cc2c1. The number of carboxylic acids is 1. The van der Waals surface area contributed by atoms with Crippen molar-refractivity contribution in [2.75, 3.05) is 20.3 Å². The zero-order valence-corrected chi connectivity index (χ0v) is 14.9. The van der Waals surface area contributed by atoms with Crippen molar-refractivity contribution in [3.8, 4) is 0 Å². The van der Waals surface area contributed by atoms with Crippen LogP contribution < -0.4 is 0 Å². The second-order valence-corrected chi connectivity index (χ2v) is 7.83. The lowest BCUT2D eigenvalue weighted by molar-refractivity contribution is 0.0702. The molecule has 1 atom stereocenters. The van der Waals surface area contributed by atoms with Gasteiger partial charge >= 0.3 is 13.6 Å². The Hall–Kier alpha value is -1.24. The van der Waals surface area contributed by atoms with Crippen molar-refractivity contribution < 1.29 is 28.3 Å². The third kappa shape index (κ3) is 3.82. The van der Waals surface area contributed by atoms with Gasteiger partial charge in [-0.25, -0.2) is 4.79 Å². The van der Waals surface area contributed by atoms with Crippen LogP contribution >= 0.6 is 18.9 Å². The van der Waals surface area contributed by atoms with Crippen LogP contribution in [-0.2, 0) is 18.3 Å². The first-order valence-electron chi connectivity index (χ1n) is 7.13. The van der Waals surface area contributed by atoms with Crippen LogP contribution in [0.1, 0.15) is 34.9 Å². The van der Waals surface area contributed by atoms with Crippen LogP contribution in [0.5, 0.6) is 0 Å². The summed E-state index contributed by atoms with van der Waals surface area (Å²) in [6, 6.07) is 6.89. The highest BCUT2D eigenvalue weighted by Gasteiger charge is 2.37. The van der Waals surface area contributed by atoms with Gasteiger partial charge in [0.05, 0.1) is 13.2 Å². The maximum Gasteiger partial charge on any atom is 0.363 e. The highest BCUT2D eigenvalue weighted by atomic mass is 32.1. The zero-order valence-electron chi connectivity index (χ0n) is 13.1. The van der Waals surface area contributed by atoms with Gasteiger partial charge in [0.15, 0.2) is 5.85 Å². The number of aromatic carboxylic acids is 1. The van der Waals surface area contributed by atoms with E-state index in [4.69, 9.17) is 18.9 Å². The van der Waals surface area contributed by atoms with Gasteiger partial charge in [0.1, 0.15) is 4.88 Å². The number of hydrogen-bond donors (Lipinski definition) is 1. The Morgan fingerprint density at radius 2 is 1.91 bits per heavy atom. The van der Waals surface area contributed by atoms with Gasteiger partial charge in [0.25, 0.3) is 0 Å². The summed E-state index contributed by atoms with van der Waals surface area (Å²) in [6.07, 6.45) is 0. The van der Waals surface area contributed by atoms with Crippen LogP contribution in [-0.4, -0.2) is 31.4 Å². The topological polar surface area (TPSA) is 82.1 Å². The van der Waals surface area contributed by atoms with Crippen molar-refractivity contribution in [1.29, 1.82) is 0 Å². The third-order valence-corrected chi connectivity index (χ3v) is 6.59. The van der Waals surface area contributed by atoms with Gasteiger partial charge in [-0.2, -0.15) is 0 Å². The quantitative estimate of drug-likeness (QED) is 0.699. The summed E-state index contributed by atoms with van der Waals surface area (Å²) in [4.78, 5) is 11.3. The summed E-state index contributed by atoms with van der Waals surface area (Å²) >= 11 is 1.19. The third-order valence-electron chi connectivity index (χ3n) is 3.16. The number of carboxylic acid groups (broad SMARTS) is 1. The van der Waals surface area contributed by atoms with Crippen molar-refractivity contribution >= 4 is 35.0 Å². The maximum atomic E-state index is 12.9. The van der Waals surface area contributed by atoms with Crippen molar-refractivity contribution in [2.24, 2.45) is 0 Å². The molecule has 0 aliphatic carbocycles. The van der Waals surface area contributed by atoms with Crippen molar-refractivity contribution in [2.45, 2.75) is 19.7 Å². The normalized spacial score (nSPS) is 13.3. The Morgan fingerprint density at radius 1 is 1.26 bits per heavy atom. The first-order valence-corrected chi connectivity index (χ1v) is 9.56. The molecule has 0 aliphatic rings. The molecular formula is C15H19O6PS. The molecule has 126 valence electrons. The molecule has 0 fully saturated rings. The molecule has 1 aromatic carbocycles. The Kier molecular flexibility index (Phi) is 5.95. The minimum absolute atomic E-state index is 0.237. The molecule has 1 N–H and O–H groups in total. The molecule has 0 aliphatic heterocycles. The molecule has 0 spiro atoms. The lowest BCUT2D eigenvalue weighted by Gasteiger charge is -2.25. The molecule has 1 unspecified atom stereocenters. The summed E-state index contributed by atoms with van der Waals surface area (Å²) in [7, 11) is -2.04. The smallest absolute Gasteiger partial charge is 0.363 e. The average molecular weight is 358 g/mol. The number of benzene rings is 1. The van der Waals surface area contributed by atoms with Crippen molar-refractivity contribution in [1.82, 2.24) is 0 Å². The minimum atomic E-state index is -3.48. The van der Waals surface area contributed by atoms with Gasteiger partial charge in [-0.3, -0.25) is 4.57 Å². The van der Waals surface area contributed by atoms with Crippen LogP contribution in [0, 0.1) is 0 Å². The molecule has 0 saturated heterocycles. The number of ether oxygens (including phenoxy) is 1. The van der Waals surface area contributed by atoms with Crippen molar-refractivity contribution in [3.63, 3.8) is 0 Å². The lowest BCUT2D eigenvalue weighted by atomic mass is 10.2. The second-order valence-electron chi connectivity index (χ2n) is 4.68. The monoisotopic (exact) mass is 358 g/mol. The Bertz CT molecular complexity index is 731. The Morgan fingerprint density at radius 3 is 2.43 bits per heavy atom. The van der Waals surface area contributed by atoms with E-state index >= 15 is 0 Å². The fourth-order valence-electron chi connectivity index (χ4n) is 2.30. The minimum Gasteiger partial charge on any atom is -0.477 e. The largest absolute Gasteiger partial charge is 0.477 e. The van der Waals surface area contributed by atoms with Gasteiger partial charge in [-0.1, -0.05) is 6.07 Å². The summed E-state index contributed by atoms with van der Waals surface area (Å²) in [6.45, 7) is 3.95. The van der Waals surface area contributed by atoms with Crippen LogP contribution in [0.15, 0.2) is 24.3 Å². The number of hydrogen-bond acceptors (Lipinski definition) is 6. The molecule has 0 saturated carbocycles. The molecule has 2 rings (SSSR count). The van der Waals surface area contributed by atoms with E-state index < -0.39 is 19.4 Å². The second kappa shape index (κ2) is 7.55. The van der Waals surface area contributed by atoms with E-state index in [1.807, 2.05) is 0 Å². The zero-order chi connectivity index (χ0) is 17.0. The molecule has 23 heavy (non-hydrogen) atoms. The van der Waals surface area contributed by atoms with Gasteiger partial charge in [0, 0.05) is 11.8 Å². The maximum absolute atomic E-state index is 12.9. The van der Waals surface area contributed by atoms with Gasteiger partial charge < -0.3 is 18.9 Å². The summed E-state index contributed by atoms with van der Waals surface area (Å²) in [5, 5.41) is 9.84. The highest BCUT2D eigenvalue weighted by molar-refractivity contribution is 7.54. The number of rotatable bonds is 8. The fraction of sp³-hybridized carbons (Fsp3) is 0.400. The predicted molar refractivity (Wildman–Crippen MR) is 89.4 cm³/mol. The molecule has 1 heterocycles. The summed E-state index contributed by atoms with van der Waals surface area (Å²) in [5.41, 5.74) is 0.625. The lowest BCUT2D eigenvalue weighted by Crippen LogP contribution is -2.08. The van der Waals surface area contributed by atoms with Gasteiger partial charge in [0.2, 0.25) is 0 Å². The van der Waals surface area contributed by atoms with E-state index in [2.05, 4.69) is 0 Å². The number of fused-ring (bicyclic) bond motifs is 1. The first-order chi connectivity index (χ1) is 10.9. The molecule has 6 nitrogen and oxygen atoms in total. The fourth-order valence-corrected chi connectivity index (χ4v) is 5.03. The molecule has 2 aromatic rings. The first kappa shape index (κ1) is 18.1. The standard InChI is InChI=1S/C15H19O6PS/c1-4-20-22(18,21-5-2)15(19-3)10-6-7-12-11(8-10)9-13(23-12)14(16)17/h6-9,15H,4-5H2,1-3H3,(H,16,17). The highest BCUT2D eigenvalue weighted by Crippen LogP contribution is 2.61. The van der Waals surface area contributed by atoms with Crippen LogP contribution in [0.3, 0.4) is 0 Å². The molecule has 0 radical (unpaired) electrons. The average Bonchev–Trinajstić information content (AvgIpc) is 2.92. The van der Waals surface area contributed by atoms with E-state index in [9.17, 15) is 9.36 Å². The van der Waals surface area contributed by atoms with Crippen LogP contribution in [0.4, 0.5) is 0 Å². The summed E-state index contributed by atoms with van der Waals surface area (Å²) < 4.78 is 29.9. The van der Waals surface area contributed by atoms with Gasteiger partial charge in [-0.15, -0.1) is 11.3 Å². The number of thiophene rings is 1.